The maximum Gasteiger partial charge on any atom is 0.292 e. The summed E-state index contributed by atoms with van der Waals surface area (Å²) in [6, 6.07) is 14.0. The lowest BCUT2D eigenvalue weighted by atomic mass is 10.2. The van der Waals surface area contributed by atoms with Crippen LogP contribution in [0.25, 0.3) is 0 Å². The molecule has 1 fully saturated rings. The molecule has 2 aromatic carbocycles. The number of nitrogens with zero attached hydrogens (tertiary/aromatic N) is 3. The van der Waals surface area contributed by atoms with Crippen molar-refractivity contribution in [2.75, 3.05) is 38.0 Å². The van der Waals surface area contributed by atoms with E-state index < -0.39 is 4.92 Å². The molecule has 1 heterocycles. The number of hydrogen-bond acceptors (Lipinski definition) is 5. The van der Waals surface area contributed by atoms with Gasteiger partial charge in [-0.3, -0.25) is 24.7 Å². The largest absolute Gasteiger partial charge is 0.319 e. The van der Waals surface area contributed by atoms with E-state index in [4.69, 9.17) is 11.6 Å². The van der Waals surface area contributed by atoms with E-state index in [0.29, 0.717) is 0 Å². The second-order valence-corrected chi connectivity index (χ2v) is 7.29. The zero-order valence-electron chi connectivity index (χ0n) is 15.5. The Kier molecular flexibility index (Phi) is 6.97. The zero-order valence-corrected chi connectivity index (χ0v) is 16.3. The number of benzene rings is 2. The van der Waals surface area contributed by atoms with Gasteiger partial charge in [0, 0.05) is 30.7 Å². The number of para-hydroxylation sites is 2. The Balaban J connectivity index is 1.51. The minimum Gasteiger partial charge on any atom is -0.319 e. The van der Waals surface area contributed by atoms with Crippen molar-refractivity contribution in [2.45, 2.75) is 13.0 Å². The second-order valence-electron chi connectivity index (χ2n) is 6.85. The molecule has 1 aliphatic heterocycles. The Bertz CT molecular complexity index is 828. The average molecular weight is 403 g/mol. The smallest absolute Gasteiger partial charge is 0.292 e. The Morgan fingerprint density at radius 1 is 1.04 bits per heavy atom. The highest BCUT2D eigenvalue weighted by molar-refractivity contribution is 6.30. The summed E-state index contributed by atoms with van der Waals surface area (Å²) in [4.78, 5) is 27.4. The summed E-state index contributed by atoms with van der Waals surface area (Å²) in [6.07, 6.45) is 0.965. The number of amides is 1. The number of hydrogen-bond donors (Lipinski definition) is 1. The molecule has 3 rings (SSSR count). The summed E-state index contributed by atoms with van der Waals surface area (Å²) in [5.41, 5.74) is 1.35. The monoisotopic (exact) mass is 402 g/mol. The molecule has 2 aromatic rings. The highest BCUT2D eigenvalue weighted by Crippen LogP contribution is 2.23. The topological polar surface area (TPSA) is 78.7 Å². The molecule has 0 atom stereocenters. The molecule has 0 aliphatic carbocycles. The molecule has 28 heavy (non-hydrogen) atoms. The minimum atomic E-state index is -0.490. The van der Waals surface area contributed by atoms with Crippen molar-refractivity contribution in [3.63, 3.8) is 0 Å². The SMILES string of the molecule is O=C(CN1CCCN(Cc2ccc(Cl)cc2)CC1)Nc1ccccc1[N+](=O)[O-]. The van der Waals surface area contributed by atoms with Gasteiger partial charge in [0.05, 0.1) is 11.5 Å². The lowest BCUT2D eigenvalue weighted by Crippen LogP contribution is -2.36. The van der Waals surface area contributed by atoms with Crippen LogP contribution in [0.1, 0.15) is 12.0 Å². The van der Waals surface area contributed by atoms with Crippen molar-refractivity contribution in [2.24, 2.45) is 0 Å². The van der Waals surface area contributed by atoms with Gasteiger partial charge in [-0.05, 0) is 43.3 Å². The molecule has 0 radical (unpaired) electrons. The Morgan fingerprint density at radius 3 is 2.46 bits per heavy atom. The summed E-state index contributed by atoms with van der Waals surface area (Å²) in [6.45, 7) is 4.50. The highest BCUT2D eigenvalue weighted by atomic mass is 35.5. The van der Waals surface area contributed by atoms with Crippen LogP contribution < -0.4 is 5.32 Å². The van der Waals surface area contributed by atoms with Crippen LogP contribution in [0, 0.1) is 10.1 Å². The number of nitro benzene ring substituents is 1. The lowest BCUT2D eigenvalue weighted by Gasteiger charge is -2.21. The summed E-state index contributed by atoms with van der Waals surface area (Å²) in [7, 11) is 0. The van der Waals surface area contributed by atoms with Crippen LogP contribution in [0.5, 0.6) is 0 Å². The van der Waals surface area contributed by atoms with Gasteiger partial charge in [-0.1, -0.05) is 35.9 Å². The van der Waals surface area contributed by atoms with Gasteiger partial charge in [-0.2, -0.15) is 0 Å². The van der Waals surface area contributed by atoms with Crippen molar-refractivity contribution in [1.29, 1.82) is 0 Å². The predicted molar refractivity (Wildman–Crippen MR) is 110 cm³/mol. The lowest BCUT2D eigenvalue weighted by molar-refractivity contribution is -0.383. The highest BCUT2D eigenvalue weighted by Gasteiger charge is 2.19. The van der Waals surface area contributed by atoms with Crippen molar-refractivity contribution in [1.82, 2.24) is 9.80 Å². The van der Waals surface area contributed by atoms with Crippen LogP contribution >= 0.6 is 11.6 Å². The molecule has 8 heteroatoms. The zero-order chi connectivity index (χ0) is 19.9. The van der Waals surface area contributed by atoms with Gasteiger partial charge < -0.3 is 5.32 Å². The summed E-state index contributed by atoms with van der Waals surface area (Å²) in [5.74, 6) is -0.236. The van der Waals surface area contributed by atoms with E-state index >= 15 is 0 Å². The first-order valence-corrected chi connectivity index (χ1v) is 9.61. The second kappa shape index (κ2) is 9.64. The number of carbonyl (C=O) groups is 1. The van der Waals surface area contributed by atoms with E-state index in [1.807, 2.05) is 24.3 Å². The molecule has 1 saturated heterocycles. The molecular formula is C20H23ClN4O3. The van der Waals surface area contributed by atoms with E-state index in [1.54, 1.807) is 18.2 Å². The van der Waals surface area contributed by atoms with E-state index in [2.05, 4.69) is 15.1 Å². The molecule has 0 bridgehead atoms. The first kappa shape index (κ1) is 20.3. The third-order valence-corrected chi connectivity index (χ3v) is 4.99. The van der Waals surface area contributed by atoms with E-state index in [0.717, 1.165) is 44.2 Å². The predicted octanol–water partition coefficient (Wildman–Crippen LogP) is 3.39. The summed E-state index contributed by atoms with van der Waals surface area (Å²) < 4.78 is 0. The van der Waals surface area contributed by atoms with Gasteiger partial charge in [-0.25, -0.2) is 0 Å². The molecular weight excluding hydrogens is 380 g/mol. The maximum atomic E-state index is 12.4. The summed E-state index contributed by atoms with van der Waals surface area (Å²) in [5, 5.41) is 14.5. The number of anilines is 1. The number of nitrogens with one attached hydrogen (secondary N) is 1. The van der Waals surface area contributed by atoms with Crippen LogP contribution in [0.4, 0.5) is 11.4 Å². The van der Waals surface area contributed by atoms with Crippen molar-refractivity contribution in [3.05, 3.63) is 69.2 Å². The van der Waals surface area contributed by atoms with Gasteiger partial charge in [0.1, 0.15) is 5.69 Å². The van der Waals surface area contributed by atoms with Gasteiger partial charge in [0.15, 0.2) is 0 Å². The molecule has 148 valence electrons. The molecule has 1 amide bonds. The summed E-state index contributed by atoms with van der Waals surface area (Å²) >= 11 is 5.94. The Hall–Kier alpha value is -2.48. The van der Waals surface area contributed by atoms with Crippen LogP contribution in [0.2, 0.25) is 5.02 Å². The fourth-order valence-corrected chi connectivity index (χ4v) is 3.45. The minimum absolute atomic E-state index is 0.0964. The van der Waals surface area contributed by atoms with Crippen molar-refractivity contribution < 1.29 is 9.72 Å². The first-order valence-electron chi connectivity index (χ1n) is 9.24. The molecule has 0 spiro atoms. The van der Waals surface area contributed by atoms with E-state index in [-0.39, 0.29) is 23.8 Å². The number of nitro groups is 1. The van der Waals surface area contributed by atoms with E-state index in [9.17, 15) is 14.9 Å². The standard InChI is InChI=1S/C20H23ClN4O3/c21-17-8-6-16(7-9-17)14-23-10-3-11-24(13-12-23)15-20(26)22-18-4-1-2-5-19(18)25(27)28/h1-2,4-9H,3,10-15H2,(H,22,26). The third kappa shape index (κ3) is 5.76. The fourth-order valence-electron chi connectivity index (χ4n) is 3.32. The number of rotatable bonds is 6. The fraction of sp³-hybridized carbons (Fsp3) is 0.350. The number of halogens is 1. The van der Waals surface area contributed by atoms with Crippen LogP contribution in [-0.4, -0.2) is 53.4 Å². The maximum absolute atomic E-state index is 12.4. The molecule has 7 nitrogen and oxygen atoms in total. The van der Waals surface area contributed by atoms with Gasteiger partial charge >= 0.3 is 0 Å². The normalized spacial score (nSPS) is 15.8. The average Bonchev–Trinajstić information content (AvgIpc) is 2.89. The van der Waals surface area contributed by atoms with Crippen LogP contribution in [0.15, 0.2) is 48.5 Å². The van der Waals surface area contributed by atoms with Gasteiger partial charge in [0.2, 0.25) is 5.91 Å². The Morgan fingerprint density at radius 2 is 1.71 bits per heavy atom. The Labute approximate surface area is 169 Å². The molecule has 0 unspecified atom stereocenters. The van der Waals surface area contributed by atoms with Crippen molar-refractivity contribution in [3.8, 4) is 0 Å². The van der Waals surface area contributed by atoms with Gasteiger partial charge in [-0.15, -0.1) is 0 Å². The van der Waals surface area contributed by atoms with Crippen LogP contribution in [0.3, 0.4) is 0 Å². The van der Waals surface area contributed by atoms with Crippen molar-refractivity contribution >= 4 is 28.9 Å². The quantitative estimate of drug-likeness (QED) is 0.591. The molecule has 1 N–H and O–H groups in total. The molecule has 1 aliphatic rings. The molecule has 0 aromatic heterocycles. The van der Waals surface area contributed by atoms with Gasteiger partial charge in [0.25, 0.3) is 5.69 Å². The number of carbonyl (C=O) groups excluding carboxylic acids is 1. The van der Waals surface area contributed by atoms with Crippen LogP contribution in [-0.2, 0) is 11.3 Å². The molecule has 0 saturated carbocycles. The first-order chi connectivity index (χ1) is 13.5. The van der Waals surface area contributed by atoms with E-state index in [1.165, 1.54) is 11.6 Å². The third-order valence-electron chi connectivity index (χ3n) is 4.74.